The third-order valence-corrected chi connectivity index (χ3v) is 6.02. The number of thioether (sulfide) groups is 1. The van der Waals surface area contributed by atoms with Crippen LogP contribution in [0.25, 0.3) is 11.1 Å². The lowest BCUT2D eigenvalue weighted by molar-refractivity contribution is 0.331. The number of hydrogen-bond donors (Lipinski definition) is 3. The molecule has 7 heteroatoms. The Bertz CT molecular complexity index is 932. The Labute approximate surface area is 169 Å². The monoisotopic (exact) mass is 394 g/mol. The van der Waals surface area contributed by atoms with Crippen LogP contribution >= 0.6 is 11.8 Å². The highest BCUT2D eigenvalue weighted by Crippen LogP contribution is 2.31. The van der Waals surface area contributed by atoms with Gasteiger partial charge >= 0.3 is 0 Å². The van der Waals surface area contributed by atoms with Crippen molar-refractivity contribution in [1.29, 1.82) is 0 Å². The van der Waals surface area contributed by atoms with Gasteiger partial charge in [0.2, 0.25) is 0 Å². The highest BCUT2D eigenvalue weighted by atomic mass is 32.2. The van der Waals surface area contributed by atoms with E-state index >= 15 is 0 Å². The number of aromatic nitrogens is 3. The van der Waals surface area contributed by atoms with Gasteiger partial charge in [-0.1, -0.05) is 6.07 Å². The molecule has 4 rings (SSSR count). The van der Waals surface area contributed by atoms with E-state index in [4.69, 9.17) is 5.73 Å². The smallest absolute Gasteiger partial charge is 0.126 e. The van der Waals surface area contributed by atoms with E-state index in [1.165, 1.54) is 31.5 Å². The number of nitrogens with zero attached hydrogens (tertiary/aromatic N) is 3. The van der Waals surface area contributed by atoms with Crippen molar-refractivity contribution in [3.8, 4) is 11.1 Å². The first-order valence-corrected chi connectivity index (χ1v) is 10.6. The van der Waals surface area contributed by atoms with Gasteiger partial charge in [0.15, 0.2) is 0 Å². The van der Waals surface area contributed by atoms with E-state index in [-0.39, 0.29) is 0 Å². The van der Waals surface area contributed by atoms with Gasteiger partial charge in [-0.05, 0) is 68.2 Å². The number of aromatic amines is 1. The maximum atomic E-state index is 6.18. The molecule has 3 aromatic rings. The summed E-state index contributed by atoms with van der Waals surface area (Å²) in [7, 11) is 0. The first-order valence-electron chi connectivity index (χ1n) is 9.63. The number of rotatable bonds is 7. The fourth-order valence-electron chi connectivity index (χ4n) is 3.52. The molecule has 146 valence electrons. The van der Waals surface area contributed by atoms with Gasteiger partial charge in [-0.25, -0.2) is 4.98 Å². The summed E-state index contributed by atoms with van der Waals surface area (Å²) in [6.45, 7) is 5.43. The highest BCUT2D eigenvalue weighted by molar-refractivity contribution is 7.99. The molecule has 0 unspecified atom stereocenters. The molecule has 0 radical (unpaired) electrons. The summed E-state index contributed by atoms with van der Waals surface area (Å²) >= 11 is 1.68. The Morgan fingerprint density at radius 3 is 2.86 bits per heavy atom. The van der Waals surface area contributed by atoms with Crippen LogP contribution in [0.5, 0.6) is 0 Å². The topological polar surface area (TPSA) is 82.9 Å². The summed E-state index contributed by atoms with van der Waals surface area (Å²) in [5, 5.41) is 10.5. The van der Waals surface area contributed by atoms with E-state index in [0.29, 0.717) is 5.88 Å². The predicted molar refractivity (Wildman–Crippen MR) is 116 cm³/mol. The minimum atomic E-state index is 0.707. The van der Waals surface area contributed by atoms with Gasteiger partial charge in [0.1, 0.15) is 5.82 Å². The molecule has 0 atom stereocenters. The van der Waals surface area contributed by atoms with Crippen LogP contribution in [0.1, 0.15) is 24.1 Å². The minimum Gasteiger partial charge on any atom is -0.398 e. The van der Waals surface area contributed by atoms with Crippen molar-refractivity contribution in [2.75, 3.05) is 30.0 Å². The number of pyridine rings is 1. The maximum Gasteiger partial charge on any atom is 0.126 e. The average Bonchev–Trinajstić information content (AvgIpc) is 3.35. The summed E-state index contributed by atoms with van der Waals surface area (Å²) in [6, 6.07) is 10.4. The zero-order valence-electron chi connectivity index (χ0n) is 16.1. The number of benzene rings is 1. The van der Waals surface area contributed by atoms with E-state index < -0.39 is 0 Å². The van der Waals surface area contributed by atoms with E-state index in [1.54, 1.807) is 11.8 Å². The van der Waals surface area contributed by atoms with Crippen LogP contribution < -0.4 is 11.1 Å². The number of aryl methyl sites for hydroxylation is 1. The van der Waals surface area contributed by atoms with Crippen molar-refractivity contribution in [2.24, 2.45) is 0 Å². The summed E-state index contributed by atoms with van der Waals surface area (Å²) in [5.41, 5.74) is 11.5. The molecule has 1 aliphatic rings. The van der Waals surface area contributed by atoms with E-state index in [2.05, 4.69) is 43.6 Å². The number of likely N-dealkylation sites (tertiary alicyclic amines) is 1. The molecule has 4 N–H and O–H groups in total. The van der Waals surface area contributed by atoms with Crippen LogP contribution in [-0.2, 0) is 6.54 Å². The fourth-order valence-corrected chi connectivity index (χ4v) is 4.35. The molecule has 0 aliphatic carbocycles. The van der Waals surface area contributed by atoms with Crippen molar-refractivity contribution >= 4 is 23.3 Å². The standard InChI is InChI=1S/C21H26N6S/c1-15-18(12-25-26-15)17-4-5-19(22)20(11-17)28-14-24-21-10-16(6-7-23-21)13-27-8-2-3-9-27/h4-7,10-12H,2-3,8-9,13-14,22H2,1H3,(H,23,24)(H,25,26). The summed E-state index contributed by atoms with van der Waals surface area (Å²) < 4.78 is 0. The second-order valence-electron chi connectivity index (χ2n) is 7.16. The normalized spacial score (nSPS) is 14.5. The number of H-pyrrole nitrogens is 1. The van der Waals surface area contributed by atoms with Gasteiger partial charge in [0, 0.05) is 34.6 Å². The Morgan fingerprint density at radius 2 is 2.07 bits per heavy atom. The van der Waals surface area contributed by atoms with Crippen molar-refractivity contribution in [2.45, 2.75) is 31.2 Å². The lowest BCUT2D eigenvalue weighted by Crippen LogP contribution is -2.18. The van der Waals surface area contributed by atoms with Crippen LogP contribution in [0.4, 0.5) is 11.5 Å². The van der Waals surface area contributed by atoms with Crippen LogP contribution in [0.3, 0.4) is 0 Å². The number of hydrogen-bond acceptors (Lipinski definition) is 6. The van der Waals surface area contributed by atoms with Crippen LogP contribution in [0, 0.1) is 6.92 Å². The van der Waals surface area contributed by atoms with Gasteiger partial charge in [-0.3, -0.25) is 10.00 Å². The van der Waals surface area contributed by atoms with Gasteiger partial charge in [-0.2, -0.15) is 5.10 Å². The highest BCUT2D eigenvalue weighted by Gasteiger charge is 2.12. The van der Waals surface area contributed by atoms with Crippen LogP contribution in [-0.4, -0.2) is 39.0 Å². The molecule has 2 aromatic heterocycles. The molecule has 0 saturated carbocycles. The number of nitrogens with two attached hydrogens (primary N) is 1. The molecular weight excluding hydrogens is 368 g/mol. The zero-order valence-corrected chi connectivity index (χ0v) is 16.9. The second kappa shape index (κ2) is 8.67. The number of nitrogen functional groups attached to an aromatic ring is 1. The van der Waals surface area contributed by atoms with Crippen molar-refractivity contribution in [3.05, 3.63) is 54.0 Å². The van der Waals surface area contributed by atoms with Crippen molar-refractivity contribution < 1.29 is 0 Å². The molecule has 0 bridgehead atoms. The first kappa shape index (κ1) is 18.8. The Kier molecular flexibility index (Phi) is 5.83. The Hall–Kier alpha value is -2.51. The second-order valence-corrected chi connectivity index (χ2v) is 8.18. The predicted octanol–water partition coefficient (Wildman–Crippen LogP) is 4.12. The fraction of sp³-hybridized carbons (Fsp3) is 0.333. The van der Waals surface area contributed by atoms with Gasteiger partial charge in [-0.15, -0.1) is 11.8 Å². The molecule has 6 nitrogen and oxygen atoms in total. The summed E-state index contributed by atoms with van der Waals surface area (Å²) in [6.07, 6.45) is 6.36. The molecule has 0 amide bonds. The SMILES string of the molecule is Cc1[nH]ncc1-c1ccc(N)c(SCNc2cc(CN3CCCC3)ccn2)c1. The largest absolute Gasteiger partial charge is 0.398 e. The maximum absolute atomic E-state index is 6.18. The van der Waals surface area contributed by atoms with Gasteiger partial charge in [0.25, 0.3) is 0 Å². The van der Waals surface area contributed by atoms with Crippen LogP contribution in [0.2, 0.25) is 0 Å². The molecule has 0 spiro atoms. The van der Waals surface area contributed by atoms with E-state index in [1.807, 2.05) is 31.5 Å². The molecule has 28 heavy (non-hydrogen) atoms. The van der Waals surface area contributed by atoms with Gasteiger partial charge < -0.3 is 11.1 Å². The Morgan fingerprint density at radius 1 is 1.21 bits per heavy atom. The van der Waals surface area contributed by atoms with Crippen LogP contribution in [0.15, 0.2) is 47.6 Å². The van der Waals surface area contributed by atoms with Gasteiger partial charge in [0.05, 0.1) is 12.1 Å². The average molecular weight is 395 g/mol. The third kappa shape index (κ3) is 4.48. The van der Waals surface area contributed by atoms with Crippen molar-refractivity contribution in [1.82, 2.24) is 20.1 Å². The third-order valence-electron chi connectivity index (χ3n) is 5.06. The minimum absolute atomic E-state index is 0.707. The lowest BCUT2D eigenvalue weighted by Gasteiger charge is -2.15. The first-order chi connectivity index (χ1) is 13.7. The molecule has 1 fully saturated rings. The molecular formula is C21H26N6S. The number of nitrogens with one attached hydrogen (secondary N) is 2. The number of anilines is 2. The van der Waals surface area contributed by atoms with E-state index in [9.17, 15) is 0 Å². The quantitative estimate of drug-likeness (QED) is 0.318. The van der Waals surface area contributed by atoms with E-state index in [0.717, 1.165) is 39.8 Å². The van der Waals surface area contributed by atoms with Crippen molar-refractivity contribution in [3.63, 3.8) is 0 Å². The molecule has 1 aliphatic heterocycles. The molecule has 3 heterocycles. The lowest BCUT2D eigenvalue weighted by atomic mass is 10.1. The molecule has 1 saturated heterocycles. The zero-order chi connectivity index (χ0) is 19.3. The summed E-state index contributed by atoms with van der Waals surface area (Å²) in [5.74, 6) is 1.61. The Balaban J connectivity index is 1.38. The molecule has 1 aromatic carbocycles. The summed E-state index contributed by atoms with van der Waals surface area (Å²) in [4.78, 5) is 8.00.